The average Bonchev–Trinajstić information content (AvgIpc) is 3.02. The van der Waals surface area contributed by atoms with Crippen molar-refractivity contribution in [2.75, 3.05) is 26.7 Å². The van der Waals surface area contributed by atoms with E-state index in [1.807, 2.05) is 55.7 Å². The van der Waals surface area contributed by atoms with E-state index in [0.29, 0.717) is 47.6 Å². The minimum atomic E-state index is -4.99. The van der Waals surface area contributed by atoms with E-state index in [0.717, 1.165) is 23.1 Å². The van der Waals surface area contributed by atoms with Gasteiger partial charge in [-0.25, -0.2) is 0 Å². The number of rotatable bonds is 11. The Morgan fingerprint density at radius 1 is 1.05 bits per heavy atom. The second-order valence-electron chi connectivity index (χ2n) is 11.3. The van der Waals surface area contributed by atoms with Crippen LogP contribution in [0.1, 0.15) is 59.7 Å². The maximum Gasteiger partial charge on any atom is 0.471 e. The van der Waals surface area contributed by atoms with Gasteiger partial charge in [0.25, 0.3) is 5.91 Å². The molecule has 10 heteroatoms. The van der Waals surface area contributed by atoms with Crippen LogP contribution >= 0.6 is 11.6 Å². The normalized spacial score (nSPS) is 16.8. The Bertz CT molecular complexity index is 1450. The number of piperidine rings is 1. The molecule has 0 bridgehead atoms. The largest absolute Gasteiger partial charge is 0.471 e. The Kier molecular flexibility index (Phi) is 11.1. The first-order chi connectivity index (χ1) is 21.0. The highest BCUT2D eigenvalue weighted by molar-refractivity contribution is 6.33. The molecule has 2 amide bonds. The zero-order chi connectivity index (χ0) is 31.9. The van der Waals surface area contributed by atoms with E-state index in [1.165, 1.54) is 0 Å². The van der Waals surface area contributed by atoms with Gasteiger partial charge in [0, 0.05) is 48.2 Å². The summed E-state index contributed by atoms with van der Waals surface area (Å²) in [5.74, 6) is -2.60. The maximum atomic E-state index is 13.6. The van der Waals surface area contributed by atoms with Crippen molar-refractivity contribution >= 4 is 23.4 Å². The number of hydrogen-bond donors (Lipinski definition) is 3. The summed E-state index contributed by atoms with van der Waals surface area (Å²) in [5.41, 5.74) is 3.14. The minimum absolute atomic E-state index is 0.0529. The molecule has 0 aliphatic carbocycles. The molecule has 3 aromatic rings. The number of benzene rings is 3. The summed E-state index contributed by atoms with van der Waals surface area (Å²) in [4.78, 5) is 26.8. The van der Waals surface area contributed by atoms with E-state index in [2.05, 4.69) is 5.32 Å². The van der Waals surface area contributed by atoms with Gasteiger partial charge in [0.1, 0.15) is 0 Å². The first-order valence-corrected chi connectivity index (χ1v) is 15.3. The smallest absolute Gasteiger partial charge is 0.385 e. The van der Waals surface area contributed by atoms with Crippen molar-refractivity contribution in [3.63, 3.8) is 0 Å². The fourth-order valence-corrected chi connectivity index (χ4v) is 6.33. The van der Waals surface area contributed by atoms with Crippen LogP contribution in [-0.4, -0.2) is 54.7 Å². The monoisotopic (exact) mass is 629 g/mol. The van der Waals surface area contributed by atoms with E-state index in [-0.39, 0.29) is 31.8 Å². The van der Waals surface area contributed by atoms with Crippen LogP contribution < -0.4 is 10.6 Å². The highest BCUT2D eigenvalue weighted by Gasteiger charge is 2.43. The van der Waals surface area contributed by atoms with Gasteiger partial charge in [-0.1, -0.05) is 67.1 Å². The van der Waals surface area contributed by atoms with E-state index >= 15 is 0 Å². The molecule has 1 aliphatic rings. The van der Waals surface area contributed by atoms with Crippen LogP contribution in [0, 0.1) is 5.92 Å². The fraction of sp³-hybridized carbons (Fsp3) is 0.412. The molecule has 1 fully saturated rings. The fourth-order valence-electron chi connectivity index (χ4n) is 6.05. The number of alkyl halides is 3. The van der Waals surface area contributed by atoms with Gasteiger partial charge in [-0.05, 0) is 79.6 Å². The summed E-state index contributed by atoms with van der Waals surface area (Å²) in [6.07, 6.45) is -2.82. The molecule has 0 radical (unpaired) electrons. The lowest BCUT2D eigenvalue weighted by Gasteiger charge is -2.44. The molecule has 1 aliphatic heterocycles. The third-order valence-corrected chi connectivity index (χ3v) is 8.66. The molecule has 0 aromatic heterocycles. The zero-order valence-electron chi connectivity index (χ0n) is 25.0. The van der Waals surface area contributed by atoms with Gasteiger partial charge < -0.3 is 20.6 Å². The van der Waals surface area contributed by atoms with Crippen molar-refractivity contribution in [3.8, 4) is 11.1 Å². The van der Waals surface area contributed by atoms with Crippen molar-refractivity contribution in [3.05, 3.63) is 94.0 Å². The first kappa shape index (κ1) is 33.5. The van der Waals surface area contributed by atoms with Crippen molar-refractivity contribution in [1.82, 2.24) is 15.5 Å². The lowest BCUT2D eigenvalue weighted by molar-refractivity contribution is -0.173. The topological polar surface area (TPSA) is 81.7 Å². The summed E-state index contributed by atoms with van der Waals surface area (Å²) in [7, 11) is 1.85. The molecule has 4 rings (SSSR count). The summed E-state index contributed by atoms with van der Waals surface area (Å²) in [6.45, 7) is 3.23. The number of nitrogens with one attached hydrogen (secondary N) is 2. The van der Waals surface area contributed by atoms with E-state index < -0.39 is 23.6 Å². The Balaban J connectivity index is 1.68. The predicted octanol–water partition coefficient (Wildman–Crippen LogP) is 6.49. The summed E-state index contributed by atoms with van der Waals surface area (Å²) in [5, 5.41) is 18.1. The zero-order valence-corrected chi connectivity index (χ0v) is 25.8. The highest BCUT2D eigenvalue weighted by Crippen LogP contribution is 2.45. The number of carbonyl (C=O) groups excluding carboxylic acids is 2. The van der Waals surface area contributed by atoms with Gasteiger partial charge in [-0.2, -0.15) is 13.2 Å². The van der Waals surface area contributed by atoms with Crippen LogP contribution in [0.4, 0.5) is 13.2 Å². The van der Waals surface area contributed by atoms with Crippen LogP contribution in [0.3, 0.4) is 0 Å². The van der Waals surface area contributed by atoms with Crippen LogP contribution in [0.2, 0.25) is 5.02 Å². The van der Waals surface area contributed by atoms with Crippen molar-refractivity contribution < 1.29 is 27.9 Å². The van der Waals surface area contributed by atoms with Crippen molar-refractivity contribution in [1.29, 1.82) is 0 Å². The number of aryl methyl sites for hydroxylation is 1. The summed E-state index contributed by atoms with van der Waals surface area (Å²) in [6, 6.07) is 20.6. The minimum Gasteiger partial charge on any atom is -0.385 e. The van der Waals surface area contributed by atoms with Gasteiger partial charge in [-0.3, -0.25) is 9.59 Å². The third-order valence-electron chi connectivity index (χ3n) is 8.35. The molecular formula is C34H39ClF3N3O3. The molecular weight excluding hydrogens is 591 g/mol. The first-order valence-electron chi connectivity index (χ1n) is 15.0. The lowest BCUT2D eigenvalue weighted by Crippen LogP contribution is -2.48. The Hall–Kier alpha value is -3.40. The van der Waals surface area contributed by atoms with E-state index in [9.17, 15) is 27.9 Å². The number of amides is 2. The average molecular weight is 630 g/mol. The molecule has 0 saturated carbocycles. The quantitative estimate of drug-likeness (QED) is 0.212. The molecule has 3 aromatic carbocycles. The molecule has 236 valence electrons. The molecule has 3 N–H and O–H groups in total. The molecule has 0 spiro atoms. The predicted molar refractivity (Wildman–Crippen MR) is 166 cm³/mol. The van der Waals surface area contributed by atoms with Crippen LogP contribution in [0.15, 0.2) is 66.7 Å². The Morgan fingerprint density at radius 3 is 2.45 bits per heavy atom. The number of likely N-dealkylation sites (tertiary alicyclic amines) is 1. The number of hydrogen-bond acceptors (Lipinski definition) is 4. The molecule has 1 heterocycles. The molecule has 44 heavy (non-hydrogen) atoms. The van der Waals surface area contributed by atoms with Crippen LogP contribution in [-0.2, 0) is 23.4 Å². The number of halogens is 4. The highest BCUT2D eigenvalue weighted by atomic mass is 35.5. The second-order valence-corrected chi connectivity index (χ2v) is 11.7. The van der Waals surface area contributed by atoms with E-state index in [4.69, 9.17) is 11.6 Å². The maximum absolute atomic E-state index is 13.6. The second kappa shape index (κ2) is 14.6. The summed E-state index contributed by atoms with van der Waals surface area (Å²) < 4.78 is 38.4. The molecule has 6 nitrogen and oxygen atoms in total. The van der Waals surface area contributed by atoms with Crippen molar-refractivity contribution in [2.45, 2.75) is 57.3 Å². The Labute approximate surface area is 261 Å². The van der Waals surface area contributed by atoms with Crippen LogP contribution in [0.5, 0.6) is 0 Å². The van der Waals surface area contributed by atoms with Gasteiger partial charge in [0.2, 0.25) is 0 Å². The third kappa shape index (κ3) is 7.81. The van der Waals surface area contributed by atoms with Gasteiger partial charge >= 0.3 is 12.1 Å². The van der Waals surface area contributed by atoms with Crippen molar-refractivity contribution in [2.24, 2.45) is 5.92 Å². The van der Waals surface area contributed by atoms with E-state index in [1.54, 1.807) is 35.2 Å². The number of carbonyl (C=O) groups is 2. The van der Waals surface area contributed by atoms with Gasteiger partial charge in [0.05, 0.1) is 5.60 Å². The Morgan fingerprint density at radius 2 is 1.77 bits per heavy atom. The van der Waals surface area contributed by atoms with Gasteiger partial charge in [0.15, 0.2) is 0 Å². The number of aliphatic hydroxyl groups is 1. The van der Waals surface area contributed by atoms with Crippen LogP contribution in [0.25, 0.3) is 11.1 Å². The van der Waals surface area contributed by atoms with Gasteiger partial charge in [-0.15, -0.1) is 0 Å². The lowest BCUT2D eigenvalue weighted by atomic mass is 9.72. The SMILES string of the molecule is CCc1cccc(-c2c(Cl)cccc2[C@@](O)(CCCNC(=O)C(F)(F)F)C2CCCN(C(=O)c3ccc(CNC)cc3)C2)c1. The standard InChI is InChI=1S/C34H39ClF3N3O3/c1-3-23-8-4-9-26(20-23)30-28(11-5-12-29(30)35)33(44,17-7-18-40-32(43)34(36,37)38)27-10-6-19-41(22-27)31(42)25-15-13-24(14-16-25)21-39-2/h4-5,8-9,11-16,20,27,39,44H,3,6-7,10,17-19,21-22H2,1-2H3,(H,40,43)/t27?,33-/m1/s1. The summed E-state index contributed by atoms with van der Waals surface area (Å²) >= 11 is 6.79. The molecule has 1 saturated heterocycles. The number of nitrogens with zero attached hydrogens (tertiary/aromatic N) is 1. The molecule has 1 unspecified atom stereocenters. The molecule has 2 atom stereocenters.